The summed E-state index contributed by atoms with van der Waals surface area (Å²) in [5.74, 6) is 0.277. The molecule has 0 amide bonds. The normalized spacial score (nSPS) is 11.7. The van der Waals surface area contributed by atoms with Crippen LogP contribution in [0.5, 0.6) is 0 Å². The summed E-state index contributed by atoms with van der Waals surface area (Å²) >= 11 is 3.44. The van der Waals surface area contributed by atoms with Crippen LogP contribution in [0.3, 0.4) is 0 Å². The minimum absolute atomic E-state index is 0.277. The Kier molecular flexibility index (Phi) is 9.25. The Morgan fingerprint density at radius 1 is 0.810 bits per heavy atom. The fourth-order valence-corrected chi connectivity index (χ4v) is 4.08. The van der Waals surface area contributed by atoms with Crippen LogP contribution in [0.4, 0.5) is 0 Å². The second kappa shape index (κ2) is 10.4. The summed E-state index contributed by atoms with van der Waals surface area (Å²) < 4.78 is 24.3. The van der Waals surface area contributed by atoms with E-state index in [0.717, 1.165) is 30.2 Å². The van der Waals surface area contributed by atoms with Crippen molar-refractivity contribution in [1.29, 1.82) is 0 Å². The Bertz CT molecular complexity index is 480. The lowest BCUT2D eigenvalue weighted by Gasteiger charge is -2.05. The molecule has 4 heteroatoms. The van der Waals surface area contributed by atoms with Crippen molar-refractivity contribution in [2.45, 2.75) is 63.2 Å². The second-order valence-electron chi connectivity index (χ2n) is 5.65. The molecule has 0 N–H and O–H groups in total. The number of unbranched alkanes of at least 4 members (excludes halogenated alkanes) is 7. The van der Waals surface area contributed by atoms with Crippen LogP contribution in [-0.2, 0) is 9.84 Å². The molecule has 1 aromatic carbocycles. The van der Waals surface area contributed by atoms with E-state index in [1.54, 1.807) is 12.1 Å². The zero-order chi connectivity index (χ0) is 15.6. The Labute approximate surface area is 138 Å². The first-order valence-electron chi connectivity index (χ1n) is 7.91. The molecule has 0 spiro atoms. The average molecular weight is 375 g/mol. The number of benzene rings is 1. The van der Waals surface area contributed by atoms with Crippen molar-refractivity contribution < 1.29 is 8.42 Å². The lowest BCUT2D eigenvalue weighted by molar-refractivity contribution is 0.573. The molecule has 1 rings (SSSR count). The van der Waals surface area contributed by atoms with Gasteiger partial charge in [-0.05, 0) is 31.9 Å². The van der Waals surface area contributed by atoms with Crippen molar-refractivity contribution in [2.24, 2.45) is 0 Å². The van der Waals surface area contributed by atoms with Gasteiger partial charge in [0.05, 0.1) is 10.6 Å². The fraction of sp³-hybridized carbons (Fsp3) is 0.647. The summed E-state index contributed by atoms with van der Waals surface area (Å²) in [6, 6.07) is 7.16. The van der Waals surface area contributed by atoms with E-state index < -0.39 is 9.84 Å². The number of sulfone groups is 1. The molecule has 0 radical (unpaired) electrons. The monoisotopic (exact) mass is 374 g/mol. The van der Waals surface area contributed by atoms with Crippen molar-refractivity contribution in [3.63, 3.8) is 0 Å². The van der Waals surface area contributed by atoms with Crippen molar-refractivity contribution in [3.05, 3.63) is 29.8 Å². The average Bonchev–Trinajstić information content (AvgIpc) is 2.46. The maximum atomic E-state index is 12.1. The molecule has 0 fully saturated rings. The predicted octanol–water partition coefficient (Wildman–Crippen LogP) is 5.28. The lowest BCUT2D eigenvalue weighted by Crippen LogP contribution is -2.06. The summed E-state index contributed by atoms with van der Waals surface area (Å²) in [7, 11) is -3.09. The third kappa shape index (κ3) is 8.01. The summed E-state index contributed by atoms with van der Waals surface area (Å²) in [5.41, 5.74) is 1.09. The van der Waals surface area contributed by atoms with Crippen molar-refractivity contribution in [1.82, 2.24) is 0 Å². The molecule has 0 bridgehead atoms. The molecule has 0 aliphatic carbocycles. The van der Waals surface area contributed by atoms with Crippen LogP contribution in [0, 0.1) is 6.92 Å². The first-order chi connectivity index (χ1) is 10.1. The van der Waals surface area contributed by atoms with Gasteiger partial charge in [0.25, 0.3) is 0 Å². The van der Waals surface area contributed by atoms with E-state index in [1.807, 2.05) is 19.1 Å². The molecule has 0 unspecified atom stereocenters. The Morgan fingerprint density at radius 3 is 1.81 bits per heavy atom. The fourth-order valence-electron chi connectivity index (χ4n) is 2.31. The van der Waals surface area contributed by atoms with E-state index in [-0.39, 0.29) is 5.75 Å². The highest BCUT2D eigenvalue weighted by Gasteiger charge is 2.13. The number of rotatable bonds is 11. The topological polar surface area (TPSA) is 34.1 Å². The van der Waals surface area contributed by atoms with Gasteiger partial charge in [-0.3, -0.25) is 0 Å². The molecular formula is C17H27BrO2S. The van der Waals surface area contributed by atoms with Gasteiger partial charge in [-0.1, -0.05) is 72.2 Å². The number of halogens is 1. The first-order valence-corrected chi connectivity index (χ1v) is 10.7. The largest absolute Gasteiger partial charge is 0.224 e. The van der Waals surface area contributed by atoms with Gasteiger partial charge >= 0.3 is 0 Å². The smallest absolute Gasteiger partial charge is 0.178 e. The van der Waals surface area contributed by atoms with Gasteiger partial charge in [-0.2, -0.15) is 0 Å². The van der Waals surface area contributed by atoms with Crippen LogP contribution in [0.2, 0.25) is 0 Å². The van der Waals surface area contributed by atoms with Gasteiger partial charge < -0.3 is 0 Å². The molecule has 120 valence electrons. The van der Waals surface area contributed by atoms with Gasteiger partial charge in [-0.25, -0.2) is 8.42 Å². The quantitative estimate of drug-likeness (QED) is 0.389. The molecule has 1 aromatic rings. The molecule has 21 heavy (non-hydrogen) atoms. The Balaban J connectivity index is 2.15. The standard InChI is InChI=1S/C17H27BrO2S/c1-16-10-12-17(13-11-16)21(19,20)15-9-7-5-3-2-4-6-8-14-18/h10-13H,2-9,14-15H2,1H3. The molecule has 0 saturated carbocycles. The summed E-state index contributed by atoms with van der Waals surface area (Å²) in [5, 5.41) is 1.10. The number of aryl methyl sites for hydroxylation is 1. The minimum Gasteiger partial charge on any atom is -0.224 e. The number of hydrogen-bond donors (Lipinski definition) is 0. The summed E-state index contributed by atoms with van der Waals surface area (Å²) in [6.45, 7) is 1.97. The Morgan fingerprint density at radius 2 is 1.29 bits per heavy atom. The van der Waals surface area contributed by atoms with Crippen LogP contribution >= 0.6 is 15.9 Å². The molecule has 0 saturated heterocycles. The van der Waals surface area contributed by atoms with E-state index in [1.165, 1.54) is 32.1 Å². The van der Waals surface area contributed by atoms with E-state index in [4.69, 9.17) is 0 Å². The maximum Gasteiger partial charge on any atom is 0.178 e. The summed E-state index contributed by atoms with van der Waals surface area (Å²) in [6.07, 6.45) is 9.30. The highest BCUT2D eigenvalue weighted by atomic mass is 79.9. The second-order valence-corrected chi connectivity index (χ2v) is 8.55. The van der Waals surface area contributed by atoms with Gasteiger partial charge in [-0.15, -0.1) is 0 Å². The van der Waals surface area contributed by atoms with Crippen LogP contribution < -0.4 is 0 Å². The highest BCUT2D eigenvalue weighted by molar-refractivity contribution is 9.09. The van der Waals surface area contributed by atoms with E-state index in [2.05, 4.69) is 15.9 Å². The van der Waals surface area contributed by atoms with E-state index in [0.29, 0.717) is 4.90 Å². The third-order valence-corrected chi connectivity index (χ3v) is 6.05. The van der Waals surface area contributed by atoms with E-state index >= 15 is 0 Å². The van der Waals surface area contributed by atoms with Crippen LogP contribution in [0.25, 0.3) is 0 Å². The van der Waals surface area contributed by atoms with Crippen molar-refractivity contribution in [3.8, 4) is 0 Å². The highest BCUT2D eigenvalue weighted by Crippen LogP contribution is 2.15. The molecule has 0 heterocycles. The summed E-state index contributed by atoms with van der Waals surface area (Å²) in [4.78, 5) is 0.461. The first kappa shape index (κ1) is 18.7. The van der Waals surface area contributed by atoms with Gasteiger partial charge in [0.2, 0.25) is 0 Å². The van der Waals surface area contributed by atoms with Gasteiger partial charge in [0.15, 0.2) is 9.84 Å². The van der Waals surface area contributed by atoms with Crippen molar-refractivity contribution in [2.75, 3.05) is 11.1 Å². The molecule has 0 aliphatic rings. The zero-order valence-electron chi connectivity index (χ0n) is 13.0. The Hall–Kier alpha value is -0.350. The lowest BCUT2D eigenvalue weighted by atomic mass is 10.1. The SMILES string of the molecule is Cc1ccc(S(=O)(=O)CCCCCCCCCCBr)cc1. The van der Waals surface area contributed by atoms with Gasteiger partial charge in [0, 0.05) is 5.33 Å². The minimum atomic E-state index is -3.09. The van der Waals surface area contributed by atoms with Crippen LogP contribution in [-0.4, -0.2) is 19.5 Å². The van der Waals surface area contributed by atoms with Crippen molar-refractivity contribution >= 4 is 25.8 Å². The number of hydrogen-bond acceptors (Lipinski definition) is 2. The van der Waals surface area contributed by atoms with E-state index in [9.17, 15) is 8.42 Å². The van der Waals surface area contributed by atoms with Crippen LogP contribution in [0.1, 0.15) is 56.9 Å². The molecule has 2 nitrogen and oxygen atoms in total. The van der Waals surface area contributed by atoms with Crippen LogP contribution in [0.15, 0.2) is 29.2 Å². The maximum absolute atomic E-state index is 12.1. The molecule has 0 aliphatic heterocycles. The predicted molar refractivity (Wildman–Crippen MR) is 94.0 cm³/mol. The number of alkyl halides is 1. The molecule has 0 atom stereocenters. The van der Waals surface area contributed by atoms with Gasteiger partial charge in [0.1, 0.15) is 0 Å². The molecule has 0 aromatic heterocycles. The third-order valence-electron chi connectivity index (χ3n) is 3.68. The zero-order valence-corrected chi connectivity index (χ0v) is 15.4. The molecular weight excluding hydrogens is 348 g/mol.